The number of hydrogen-bond acceptors (Lipinski definition) is 1. The summed E-state index contributed by atoms with van der Waals surface area (Å²) >= 11 is 12.2. The molecule has 2 rings (SSSR count). The standard InChI is InChI=1S/C14H8Cl2FN/c15-11-2-1-3-12(16)14(11)10-4-5-13(17)9(8-10)6-7-18/h1-5,8H,6H2. The summed E-state index contributed by atoms with van der Waals surface area (Å²) in [5, 5.41) is 9.64. The van der Waals surface area contributed by atoms with Crippen molar-refractivity contribution in [2.75, 3.05) is 0 Å². The van der Waals surface area contributed by atoms with Gasteiger partial charge in [-0.05, 0) is 29.8 Å². The summed E-state index contributed by atoms with van der Waals surface area (Å²) in [4.78, 5) is 0. The Labute approximate surface area is 114 Å². The van der Waals surface area contributed by atoms with Crippen molar-refractivity contribution in [2.24, 2.45) is 0 Å². The van der Waals surface area contributed by atoms with E-state index in [1.807, 2.05) is 6.07 Å². The van der Waals surface area contributed by atoms with Crippen LogP contribution in [0.3, 0.4) is 0 Å². The fourth-order valence-electron chi connectivity index (χ4n) is 1.72. The Bertz CT molecular complexity index is 612. The molecule has 0 spiro atoms. The van der Waals surface area contributed by atoms with Crippen molar-refractivity contribution in [3.8, 4) is 17.2 Å². The van der Waals surface area contributed by atoms with Crippen LogP contribution in [-0.4, -0.2) is 0 Å². The highest BCUT2D eigenvalue weighted by molar-refractivity contribution is 6.39. The maximum absolute atomic E-state index is 13.5. The molecule has 0 amide bonds. The van der Waals surface area contributed by atoms with E-state index >= 15 is 0 Å². The highest BCUT2D eigenvalue weighted by atomic mass is 35.5. The van der Waals surface area contributed by atoms with Gasteiger partial charge in [0.15, 0.2) is 0 Å². The molecule has 0 N–H and O–H groups in total. The third kappa shape index (κ3) is 2.48. The van der Waals surface area contributed by atoms with Gasteiger partial charge in [0.1, 0.15) is 5.82 Å². The predicted molar refractivity (Wildman–Crippen MR) is 71.2 cm³/mol. The van der Waals surface area contributed by atoms with Gasteiger partial charge in [0.05, 0.1) is 12.5 Å². The summed E-state index contributed by atoms with van der Waals surface area (Å²) in [7, 11) is 0. The summed E-state index contributed by atoms with van der Waals surface area (Å²) < 4.78 is 13.5. The van der Waals surface area contributed by atoms with Gasteiger partial charge in [0.25, 0.3) is 0 Å². The van der Waals surface area contributed by atoms with Crippen LogP contribution >= 0.6 is 23.2 Å². The Morgan fingerprint density at radius 1 is 1.11 bits per heavy atom. The molecule has 0 aliphatic heterocycles. The molecule has 0 atom stereocenters. The maximum atomic E-state index is 13.5. The highest BCUT2D eigenvalue weighted by Crippen LogP contribution is 2.35. The topological polar surface area (TPSA) is 23.8 Å². The zero-order chi connectivity index (χ0) is 13.1. The second-order valence-electron chi connectivity index (χ2n) is 3.74. The maximum Gasteiger partial charge on any atom is 0.127 e. The van der Waals surface area contributed by atoms with Gasteiger partial charge in [-0.25, -0.2) is 4.39 Å². The minimum absolute atomic E-state index is 0.0156. The molecule has 0 saturated carbocycles. The first kappa shape index (κ1) is 12.9. The van der Waals surface area contributed by atoms with Crippen LogP contribution in [0, 0.1) is 17.1 Å². The highest BCUT2D eigenvalue weighted by Gasteiger charge is 2.10. The van der Waals surface area contributed by atoms with Crippen LogP contribution in [0.4, 0.5) is 4.39 Å². The summed E-state index contributed by atoms with van der Waals surface area (Å²) in [5.74, 6) is -0.400. The van der Waals surface area contributed by atoms with Crippen molar-refractivity contribution in [2.45, 2.75) is 6.42 Å². The average molecular weight is 280 g/mol. The van der Waals surface area contributed by atoms with E-state index in [-0.39, 0.29) is 6.42 Å². The van der Waals surface area contributed by atoms with Gasteiger partial charge in [-0.1, -0.05) is 35.3 Å². The quantitative estimate of drug-likeness (QED) is 0.770. The van der Waals surface area contributed by atoms with Crippen LogP contribution in [0.5, 0.6) is 0 Å². The van der Waals surface area contributed by atoms with Crippen LogP contribution in [-0.2, 0) is 6.42 Å². The molecule has 18 heavy (non-hydrogen) atoms. The number of halogens is 3. The molecule has 2 aromatic carbocycles. The minimum atomic E-state index is -0.400. The van der Waals surface area contributed by atoms with E-state index in [0.29, 0.717) is 26.7 Å². The first-order chi connectivity index (χ1) is 8.63. The molecule has 0 bridgehead atoms. The lowest BCUT2D eigenvalue weighted by atomic mass is 10.0. The van der Waals surface area contributed by atoms with Gasteiger partial charge in [0, 0.05) is 21.2 Å². The molecule has 0 fully saturated rings. The Morgan fingerprint density at radius 2 is 1.78 bits per heavy atom. The zero-order valence-electron chi connectivity index (χ0n) is 9.25. The predicted octanol–water partition coefficient (Wildman–Crippen LogP) is 4.87. The largest absolute Gasteiger partial charge is 0.207 e. The smallest absolute Gasteiger partial charge is 0.127 e. The molecule has 0 aromatic heterocycles. The number of nitriles is 1. The molecule has 90 valence electrons. The SMILES string of the molecule is N#CCc1cc(-c2c(Cl)cccc2Cl)ccc1F. The normalized spacial score (nSPS) is 10.1. The first-order valence-electron chi connectivity index (χ1n) is 5.23. The molecule has 0 aliphatic carbocycles. The lowest BCUT2D eigenvalue weighted by Gasteiger charge is -2.08. The number of hydrogen-bond donors (Lipinski definition) is 0. The molecule has 4 heteroatoms. The van der Waals surface area contributed by atoms with Crippen molar-refractivity contribution in [1.82, 2.24) is 0 Å². The van der Waals surface area contributed by atoms with Gasteiger partial charge >= 0.3 is 0 Å². The molecule has 0 aliphatic rings. The molecular weight excluding hydrogens is 272 g/mol. The van der Waals surface area contributed by atoms with Crippen molar-refractivity contribution in [1.29, 1.82) is 5.26 Å². The molecule has 0 saturated heterocycles. The number of benzene rings is 2. The van der Waals surface area contributed by atoms with Crippen molar-refractivity contribution < 1.29 is 4.39 Å². The van der Waals surface area contributed by atoms with Gasteiger partial charge in [-0.3, -0.25) is 0 Å². The van der Waals surface area contributed by atoms with E-state index in [2.05, 4.69) is 0 Å². The van der Waals surface area contributed by atoms with Crippen LogP contribution in [0.15, 0.2) is 36.4 Å². The molecular formula is C14H8Cl2FN. The third-order valence-electron chi connectivity index (χ3n) is 2.57. The molecule has 0 radical (unpaired) electrons. The van der Waals surface area contributed by atoms with Crippen molar-refractivity contribution in [3.05, 3.63) is 57.8 Å². The zero-order valence-corrected chi connectivity index (χ0v) is 10.8. The van der Waals surface area contributed by atoms with Gasteiger partial charge in [0.2, 0.25) is 0 Å². The lowest BCUT2D eigenvalue weighted by molar-refractivity contribution is 0.615. The fourth-order valence-corrected chi connectivity index (χ4v) is 2.34. The molecule has 0 heterocycles. The monoisotopic (exact) mass is 279 g/mol. The minimum Gasteiger partial charge on any atom is -0.207 e. The van der Waals surface area contributed by atoms with Crippen LogP contribution in [0.25, 0.3) is 11.1 Å². The van der Waals surface area contributed by atoms with Crippen molar-refractivity contribution >= 4 is 23.2 Å². The summed E-state index contributed by atoms with van der Waals surface area (Å²) in [6.07, 6.45) is 0.0156. The summed E-state index contributed by atoms with van der Waals surface area (Å²) in [6, 6.07) is 11.6. The van der Waals surface area contributed by atoms with E-state index in [9.17, 15) is 4.39 Å². The van der Waals surface area contributed by atoms with Crippen LogP contribution in [0.1, 0.15) is 5.56 Å². The van der Waals surface area contributed by atoms with E-state index in [1.165, 1.54) is 6.07 Å². The second-order valence-corrected chi connectivity index (χ2v) is 4.55. The van der Waals surface area contributed by atoms with Crippen LogP contribution < -0.4 is 0 Å². The lowest BCUT2D eigenvalue weighted by Crippen LogP contribution is -1.90. The second kappa shape index (κ2) is 5.39. The van der Waals surface area contributed by atoms with E-state index in [0.717, 1.165) is 0 Å². The van der Waals surface area contributed by atoms with Gasteiger partial charge < -0.3 is 0 Å². The Balaban J connectivity index is 2.59. The Hall–Kier alpha value is -1.56. The van der Waals surface area contributed by atoms with Gasteiger partial charge in [-0.2, -0.15) is 5.26 Å². The number of rotatable bonds is 2. The Morgan fingerprint density at radius 3 is 2.39 bits per heavy atom. The van der Waals surface area contributed by atoms with Crippen LogP contribution in [0.2, 0.25) is 10.0 Å². The van der Waals surface area contributed by atoms with Gasteiger partial charge in [-0.15, -0.1) is 0 Å². The fraction of sp³-hybridized carbons (Fsp3) is 0.0714. The first-order valence-corrected chi connectivity index (χ1v) is 5.99. The van der Waals surface area contributed by atoms with E-state index in [4.69, 9.17) is 28.5 Å². The van der Waals surface area contributed by atoms with E-state index < -0.39 is 5.82 Å². The van der Waals surface area contributed by atoms with E-state index in [1.54, 1.807) is 30.3 Å². The molecule has 1 nitrogen and oxygen atoms in total. The summed E-state index contributed by atoms with van der Waals surface area (Å²) in [6.45, 7) is 0. The van der Waals surface area contributed by atoms with Crippen molar-refractivity contribution in [3.63, 3.8) is 0 Å². The average Bonchev–Trinajstić information content (AvgIpc) is 2.33. The number of nitrogens with zero attached hydrogens (tertiary/aromatic N) is 1. The molecule has 0 unspecified atom stereocenters. The molecule has 2 aromatic rings. The third-order valence-corrected chi connectivity index (χ3v) is 3.20. The summed E-state index contributed by atoms with van der Waals surface area (Å²) in [5.41, 5.74) is 1.70. The Kier molecular flexibility index (Phi) is 3.86.